The van der Waals surface area contributed by atoms with E-state index in [1.165, 1.54) is 24.1 Å². The molecule has 3 aromatic rings. The quantitative estimate of drug-likeness (QED) is 0.710. The molecule has 0 bridgehead atoms. The van der Waals surface area contributed by atoms with E-state index in [4.69, 9.17) is 4.74 Å². The number of likely N-dealkylation sites (tertiary alicyclic amines) is 1. The zero-order valence-corrected chi connectivity index (χ0v) is 15.0. The maximum atomic E-state index is 5.24. The molecule has 5 rings (SSSR count). The molecule has 2 aliphatic heterocycles. The summed E-state index contributed by atoms with van der Waals surface area (Å²) in [6.07, 6.45) is 6.61. The van der Waals surface area contributed by atoms with Crippen LogP contribution in [0.2, 0.25) is 0 Å². The summed E-state index contributed by atoms with van der Waals surface area (Å²) in [5, 5.41) is 17.7. The van der Waals surface area contributed by atoms with Gasteiger partial charge in [0, 0.05) is 36.3 Å². The van der Waals surface area contributed by atoms with Crippen molar-refractivity contribution >= 4 is 5.65 Å². The molecule has 0 spiro atoms. The molecule has 0 aromatic carbocycles. The number of hydrogen-bond acceptors (Lipinski definition) is 6. The topological polar surface area (TPSA) is 73.4 Å². The highest BCUT2D eigenvalue weighted by Crippen LogP contribution is 2.29. The lowest BCUT2D eigenvalue weighted by Gasteiger charge is -2.30. The Bertz CT molecular complexity index is 923. The Morgan fingerprint density at radius 1 is 1.15 bits per heavy atom. The van der Waals surface area contributed by atoms with E-state index in [1.807, 2.05) is 16.6 Å². The summed E-state index contributed by atoms with van der Waals surface area (Å²) in [5.41, 5.74) is 3.62. The fourth-order valence-electron chi connectivity index (χ4n) is 4.20. The van der Waals surface area contributed by atoms with Crippen LogP contribution in [0, 0.1) is 0 Å². The fraction of sp³-hybridized carbons (Fsp3) is 0.556. The van der Waals surface area contributed by atoms with Crippen molar-refractivity contribution in [3.05, 3.63) is 35.4 Å². The van der Waals surface area contributed by atoms with E-state index >= 15 is 0 Å². The third-order valence-corrected chi connectivity index (χ3v) is 5.64. The molecule has 2 aliphatic rings. The van der Waals surface area contributed by atoms with E-state index < -0.39 is 0 Å². The molecule has 0 radical (unpaired) electrons. The molecule has 5 heterocycles. The molecule has 0 atom stereocenters. The Morgan fingerprint density at radius 3 is 2.88 bits per heavy atom. The van der Waals surface area contributed by atoms with Crippen LogP contribution in [0.4, 0.5) is 0 Å². The first-order valence-electron chi connectivity index (χ1n) is 9.34. The molecule has 136 valence electrons. The molecule has 3 aromatic heterocycles. The van der Waals surface area contributed by atoms with E-state index in [2.05, 4.69) is 36.2 Å². The summed E-state index contributed by atoms with van der Waals surface area (Å²) in [5.74, 6) is 1.93. The number of rotatable bonds is 4. The van der Waals surface area contributed by atoms with Crippen molar-refractivity contribution in [2.45, 2.75) is 44.7 Å². The van der Waals surface area contributed by atoms with Crippen LogP contribution in [0.15, 0.2) is 18.3 Å². The van der Waals surface area contributed by atoms with Gasteiger partial charge < -0.3 is 4.74 Å². The van der Waals surface area contributed by atoms with E-state index in [9.17, 15) is 0 Å². The zero-order chi connectivity index (χ0) is 17.5. The molecule has 0 unspecified atom stereocenters. The first kappa shape index (κ1) is 15.7. The van der Waals surface area contributed by atoms with Crippen LogP contribution in [0.3, 0.4) is 0 Å². The van der Waals surface area contributed by atoms with Gasteiger partial charge in [-0.3, -0.25) is 9.58 Å². The largest absolute Gasteiger partial charge is 0.480 e. The van der Waals surface area contributed by atoms with Crippen molar-refractivity contribution in [2.75, 3.05) is 20.2 Å². The molecular formula is C18H23N7O. The van der Waals surface area contributed by atoms with Crippen molar-refractivity contribution in [3.8, 4) is 5.88 Å². The zero-order valence-electron chi connectivity index (χ0n) is 15.0. The minimum Gasteiger partial charge on any atom is -0.480 e. The van der Waals surface area contributed by atoms with Crippen LogP contribution in [-0.4, -0.2) is 54.7 Å². The first-order valence-corrected chi connectivity index (χ1v) is 9.34. The normalized spacial score (nSPS) is 18.5. The predicted molar refractivity (Wildman–Crippen MR) is 95.1 cm³/mol. The average Bonchev–Trinajstić information content (AvgIpc) is 3.39. The number of methoxy groups -OCH3 is 1. The highest BCUT2D eigenvalue weighted by atomic mass is 16.5. The van der Waals surface area contributed by atoms with Crippen molar-refractivity contribution in [1.82, 2.24) is 34.5 Å². The number of aromatic nitrogens is 6. The molecular weight excluding hydrogens is 330 g/mol. The molecule has 0 N–H and O–H groups in total. The van der Waals surface area contributed by atoms with E-state index in [-0.39, 0.29) is 0 Å². The lowest BCUT2D eigenvalue weighted by molar-refractivity contribution is 0.200. The Labute approximate surface area is 151 Å². The summed E-state index contributed by atoms with van der Waals surface area (Å²) < 4.78 is 9.25. The van der Waals surface area contributed by atoms with Gasteiger partial charge in [-0.05, 0) is 44.8 Å². The summed E-state index contributed by atoms with van der Waals surface area (Å²) in [7, 11) is 1.63. The molecule has 1 fully saturated rings. The summed E-state index contributed by atoms with van der Waals surface area (Å²) in [4.78, 5) is 2.53. The molecule has 26 heavy (non-hydrogen) atoms. The Balaban J connectivity index is 1.28. The number of hydrogen-bond donors (Lipinski definition) is 0. The second kappa shape index (κ2) is 6.35. The molecule has 0 amide bonds. The van der Waals surface area contributed by atoms with Crippen LogP contribution in [0.25, 0.3) is 5.65 Å². The maximum absolute atomic E-state index is 5.24. The molecule has 0 saturated carbocycles. The van der Waals surface area contributed by atoms with E-state index in [0.717, 1.165) is 50.5 Å². The molecule has 1 saturated heterocycles. The van der Waals surface area contributed by atoms with Crippen LogP contribution < -0.4 is 4.74 Å². The summed E-state index contributed by atoms with van der Waals surface area (Å²) in [6, 6.07) is 3.72. The van der Waals surface area contributed by atoms with Gasteiger partial charge in [0.05, 0.1) is 13.3 Å². The standard InChI is InChI=1S/C18H23N7O/c1-26-17-5-4-16-20-21-18(25(16)22-17)13-6-9-23(10-7-13)12-14-11-19-24-8-2-3-15(14)24/h4-5,11,13H,2-3,6-10,12H2,1H3. The highest BCUT2D eigenvalue weighted by Gasteiger charge is 2.26. The minimum atomic E-state index is 0.388. The van der Waals surface area contributed by atoms with Crippen LogP contribution in [-0.2, 0) is 19.5 Å². The average molecular weight is 353 g/mol. The number of ether oxygens (including phenoxy) is 1. The van der Waals surface area contributed by atoms with Crippen molar-refractivity contribution < 1.29 is 4.74 Å². The van der Waals surface area contributed by atoms with Crippen LogP contribution >= 0.6 is 0 Å². The smallest absolute Gasteiger partial charge is 0.231 e. The lowest BCUT2D eigenvalue weighted by atomic mass is 9.95. The molecule has 8 heteroatoms. The van der Waals surface area contributed by atoms with Crippen molar-refractivity contribution in [2.24, 2.45) is 0 Å². The third kappa shape index (κ3) is 2.65. The molecule has 8 nitrogen and oxygen atoms in total. The van der Waals surface area contributed by atoms with Gasteiger partial charge in [0.2, 0.25) is 5.88 Å². The number of aryl methyl sites for hydroxylation is 1. The Kier molecular flexibility index (Phi) is 3.85. The number of piperidine rings is 1. The summed E-state index contributed by atoms with van der Waals surface area (Å²) in [6.45, 7) is 4.21. The van der Waals surface area contributed by atoms with Gasteiger partial charge in [0.25, 0.3) is 0 Å². The monoisotopic (exact) mass is 353 g/mol. The minimum absolute atomic E-state index is 0.388. The van der Waals surface area contributed by atoms with Gasteiger partial charge in [0.15, 0.2) is 11.5 Å². The van der Waals surface area contributed by atoms with Crippen LogP contribution in [0.1, 0.15) is 42.3 Å². The summed E-state index contributed by atoms with van der Waals surface area (Å²) >= 11 is 0. The second-order valence-corrected chi connectivity index (χ2v) is 7.20. The molecule has 0 aliphatic carbocycles. The van der Waals surface area contributed by atoms with Crippen molar-refractivity contribution in [3.63, 3.8) is 0 Å². The second-order valence-electron chi connectivity index (χ2n) is 7.20. The van der Waals surface area contributed by atoms with E-state index in [0.29, 0.717) is 11.8 Å². The number of nitrogens with zero attached hydrogens (tertiary/aromatic N) is 7. The van der Waals surface area contributed by atoms with E-state index in [1.54, 1.807) is 7.11 Å². The highest BCUT2D eigenvalue weighted by molar-refractivity contribution is 5.38. The first-order chi connectivity index (χ1) is 12.8. The predicted octanol–water partition coefficient (Wildman–Crippen LogP) is 1.66. The van der Waals surface area contributed by atoms with Crippen LogP contribution in [0.5, 0.6) is 5.88 Å². The van der Waals surface area contributed by atoms with Crippen molar-refractivity contribution in [1.29, 1.82) is 0 Å². The lowest BCUT2D eigenvalue weighted by Crippen LogP contribution is -2.33. The maximum Gasteiger partial charge on any atom is 0.231 e. The third-order valence-electron chi connectivity index (χ3n) is 5.64. The van der Waals surface area contributed by atoms with Gasteiger partial charge >= 0.3 is 0 Å². The van der Waals surface area contributed by atoms with Gasteiger partial charge in [-0.1, -0.05) is 0 Å². The fourth-order valence-corrected chi connectivity index (χ4v) is 4.20. The Hall–Kier alpha value is -2.48. The van der Waals surface area contributed by atoms with Gasteiger partial charge in [-0.25, -0.2) is 0 Å². The number of fused-ring (bicyclic) bond motifs is 2. The van der Waals surface area contributed by atoms with Gasteiger partial charge in [0.1, 0.15) is 0 Å². The SMILES string of the molecule is COc1ccc2nnc(C3CCN(Cc4cnn5c4CCC5)CC3)n2n1. The van der Waals surface area contributed by atoms with Gasteiger partial charge in [-0.2, -0.15) is 9.61 Å². The Morgan fingerprint density at radius 2 is 2.04 bits per heavy atom. The van der Waals surface area contributed by atoms with Gasteiger partial charge in [-0.15, -0.1) is 15.3 Å².